The van der Waals surface area contributed by atoms with E-state index in [1.807, 2.05) is 0 Å². The van der Waals surface area contributed by atoms with Crippen molar-refractivity contribution < 1.29 is 14.2 Å². The maximum atomic E-state index is 16.0. The van der Waals surface area contributed by atoms with Gasteiger partial charge in [-0.3, -0.25) is 9.88 Å². The Morgan fingerprint density at radius 3 is 2.58 bits per heavy atom. The molecule has 2 aromatic heterocycles. The predicted molar refractivity (Wildman–Crippen MR) is 135 cm³/mol. The van der Waals surface area contributed by atoms with Crippen LogP contribution in [-0.2, 0) is 0 Å². The molecule has 0 radical (unpaired) electrons. The van der Waals surface area contributed by atoms with Crippen molar-refractivity contribution in [1.82, 2.24) is 25.2 Å². The van der Waals surface area contributed by atoms with Crippen LogP contribution in [0.4, 0.5) is 10.2 Å². The number of piperazine rings is 1. The van der Waals surface area contributed by atoms with E-state index in [2.05, 4.69) is 25.1 Å². The third kappa shape index (κ3) is 3.59. The summed E-state index contributed by atoms with van der Waals surface area (Å²) in [5.41, 5.74) is 0.644. The van der Waals surface area contributed by atoms with Crippen LogP contribution in [0, 0.1) is 5.82 Å². The maximum absolute atomic E-state index is 16.0. The Balaban J connectivity index is 1.31. The van der Waals surface area contributed by atoms with E-state index in [0.29, 0.717) is 35.5 Å². The average molecular weight is 491 g/mol. The molecule has 3 aromatic rings. The van der Waals surface area contributed by atoms with E-state index in [1.54, 1.807) is 24.4 Å². The van der Waals surface area contributed by atoms with Gasteiger partial charge in [0.2, 0.25) is 0 Å². The van der Waals surface area contributed by atoms with Crippen molar-refractivity contribution in [2.24, 2.45) is 0 Å². The number of aromatic nitrogens is 3. The lowest BCUT2D eigenvalue weighted by molar-refractivity contribution is 0.108. The number of phenols is 1. The molecule has 4 saturated heterocycles. The van der Waals surface area contributed by atoms with Crippen molar-refractivity contribution in [3.8, 4) is 23.0 Å². The van der Waals surface area contributed by atoms with Gasteiger partial charge in [0.15, 0.2) is 5.82 Å². The zero-order valence-electron chi connectivity index (χ0n) is 20.3. The first-order valence-electron chi connectivity index (χ1n) is 13.1. The van der Waals surface area contributed by atoms with Crippen molar-refractivity contribution in [2.75, 3.05) is 37.7 Å². The number of aromatic hydroxyl groups is 1. The minimum Gasteiger partial charge on any atom is -0.507 e. The molecule has 36 heavy (non-hydrogen) atoms. The van der Waals surface area contributed by atoms with E-state index in [-0.39, 0.29) is 28.5 Å². The van der Waals surface area contributed by atoms with Gasteiger partial charge < -0.3 is 20.1 Å². The zero-order valence-corrected chi connectivity index (χ0v) is 20.3. The van der Waals surface area contributed by atoms with E-state index in [9.17, 15) is 5.11 Å². The molecule has 4 aliphatic heterocycles. The summed E-state index contributed by atoms with van der Waals surface area (Å²) in [5.74, 6) is 0.0901. The van der Waals surface area contributed by atoms with Crippen LogP contribution in [0.3, 0.4) is 0 Å². The number of anilines is 1. The van der Waals surface area contributed by atoms with Crippen LogP contribution < -0.4 is 15.0 Å². The lowest BCUT2D eigenvalue weighted by Gasteiger charge is -2.34. The summed E-state index contributed by atoms with van der Waals surface area (Å²) in [6.07, 6.45) is 8.50. The number of rotatable bonds is 5. The number of hydrogen-bond donors (Lipinski definition) is 2. The van der Waals surface area contributed by atoms with Crippen LogP contribution in [0.15, 0.2) is 30.5 Å². The van der Waals surface area contributed by atoms with Crippen molar-refractivity contribution >= 4 is 16.7 Å². The second-order valence-electron chi connectivity index (χ2n) is 10.8. The quantitative estimate of drug-likeness (QED) is 0.562. The highest BCUT2D eigenvalue weighted by Gasteiger charge is 2.45. The number of nitrogens with one attached hydrogen (secondary N) is 1. The third-order valence-electron chi connectivity index (χ3n) is 8.60. The summed E-state index contributed by atoms with van der Waals surface area (Å²) in [6, 6.07) is 7.67. The molecular formula is C27H31FN6O2. The molecule has 0 spiro atoms. The Hall–Kier alpha value is -3.04. The Morgan fingerprint density at radius 2 is 1.83 bits per heavy atom. The highest BCUT2D eigenvalue weighted by Crippen LogP contribution is 2.40. The first kappa shape index (κ1) is 22.2. The molecule has 6 heterocycles. The number of hydrogen-bond acceptors (Lipinski definition) is 8. The Bertz CT molecular complexity index is 1300. The molecule has 2 atom stereocenters. The average Bonchev–Trinajstić information content (AvgIpc) is 3.57. The SMILES string of the molecule is Oc1ccccc1-c1ncc2c(N3C[C@H]4CC[C@@H](C3)N4)nc(OCC34CCCN3CCC4)nc2c1F. The van der Waals surface area contributed by atoms with Crippen LogP contribution in [-0.4, -0.2) is 75.4 Å². The number of para-hydroxylation sites is 1. The second kappa shape index (κ2) is 8.52. The molecule has 2 N–H and O–H groups in total. The minimum atomic E-state index is -0.567. The van der Waals surface area contributed by atoms with Gasteiger partial charge in [-0.2, -0.15) is 9.97 Å². The Kier molecular flexibility index (Phi) is 5.25. The highest BCUT2D eigenvalue weighted by molar-refractivity contribution is 5.92. The summed E-state index contributed by atoms with van der Waals surface area (Å²) in [5, 5.41) is 14.6. The summed E-state index contributed by atoms with van der Waals surface area (Å²) in [7, 11) is 0. The number of benzene rings is 1. The van der Waals surface area contributed by atoms with E-state index in [1.165, 1.54) is 18.9 Å². The molecule has 1 aromatic carbocycles. The predicted octanol–water partition coefficient (Wildman–Crippen LogP) is 3.48. The number of phenolic OH excluding ortho intramolecular Hbond substituents is 1. The third-order valence-corrected chi connectivity index (χ3v) is 8.60. The number of pyridine rings is 1. The van der Waals surface area contributed by atoms with Crippen LogP contribution in [0.1, 0.15) is 38.5 Å². The second-order valence-corrected chi connectivity index (χ2v) is 10.8. The molecule has 2 bridgehead atoms. The van der Waals surface area contributed by atoms with Gasteiger partial charge in [0.05, 0.1) is 10.9 Å². The van der Waals surface area contributed by atoms with E-state index >= 15 is 4.39 Å². The van der Waals surface area contributed by atoms with Gasteiger partial charge in [0.1, 0.15) is 29.4 Å². The maximum Gasteiger partial charge on any atom is 0.319 e. The van der Waals surface area contributed by atoms with Gasteiger partial charge in [-0.1, -0.05) is 12.1 Å². The van der Waals surface area contributed by atoms with Gasteiger partial charge in [0.25, 0.3) is 0 Å². The molecule has 188 valence electrons. The molecule has 7 rings (SSSR count). The topological polar surface area (TPSA) is 86.6 Å². The number of halogens is 1. The van der Waals surface area contributed by atoms with E-state index < -0.39 is 5.82 Å². The van der Waals surface area contributed by atoms with Crippen LogP contribution in [0.2, 0.25) is 0 Å². The van der Waals surface area contributed by atoms with Crippen molar-refractivity contribution in [3.05, 3.63) is 36.3 Å². The van der Waals surface area contributed by atoms with Crippen LogP contribution in [0.5, 0.6) is 11.8 Å². The smallest absolute Gasteiger partial charge is 0.319 e. The summed E-state index contributed by atoms with van der Waals surface area (Å²) >= 11 is 0. The number of nitrogens with zero attached hydrogens (tertiary/aromatic N) is 5. The summed E-state index contributed by atoms with van der Waals surface area (Å²) < 4.78 is 22.3. The minimum absolute atomic E-state index is 0.0191. The molecular weight excluding hydrogens is 459 g/mol. The normalized spacial score (nSPS) is 25.0. The highest BCUT2D eigenvalue weighted by atomic mass is 19.1. The fourth-order valence-corrected chi connectivity index (χ4v) is 6.82. The van der Waals surface area contributed by atoms with Gasteiger partial charge in [-0.15, -0.1) is 0 Å². The Labute approximate surface area is 209 Å². The largest absolute Gasteiger partial charge is 0.507 e. The molecule has 0 saturated carbocycles. The van der Waals surface area contributed by atoms with Gasteiger partial charge in [0, 0.05) is 36.9 Å². The number of fused-ring (bicyclic) bond motifs is 4. The van der Waals surface area contributed by atoms with Crippen molar-refractivity contribution in [3.63, 3.8) is 0 Å². The van der Waals surface area contributed by atoms with Gasteiger partial charge in [-0.05, 0) is 63.7 Å². The van der Waals surface area contributed by atoms with E-state index in [4.69, 9.17) is 9.72 Å². The molecule has 0 aliphatic carbocycles. The first-order valence-corrected chi connectivity index (χ1v) is 13.1. The molecule has 0 unspecified atom stereocenters. The lowest BCUT2D eigenvalue weighted by atomic mass is 9.95. The van der Waals surface area contributed by atoms with Gasteiger partial charge in [-0.25, -0.2) is 4.39 Å². The lowest BCUT2D eigenvalue weighted by Crippen LogP contribution is -2.51. The van der Waals surface area contributed by atoms with Crippen molar-refractivity contribution in [2.45, 2.75) is 56.1 Å². The molecule has 8 nitrogen and oxygen atoms in total. The number of ether oxygens (including phenoxy) is 1. The standard InChI is InChI=1S/C27H31FN6O2/c28-22-23(19-5-1-2-6-21(19)35)29-13-20-24(22)31-26(36-16-27-9-3-11-34(27)12-4-10-27)32-25(20)33-14-17-7-8-18(15-33)30-17/h1-2,5-6,13,17-18,30,35H,3-4,7-12,14-16H2/t17-,18+. The fraction of sp³-hybridized carbons (Fsp3) is 0.519. The van der Waals surface area contributed by atoms with Gasteiger partial charge >= 0.3 is 6.01 Å². The summed E-state index contributed by atoms with van der Waals surface area (Å²) in [4.78, 5) is 18.6. The molecule has 0 amide bonds. The molecule has 9 heteroatoms. The Morgan fingerprint density at radius 1 is 1.08 bits per heavy atom. The first-order chi connectivity index (χ1) is 17.6. The van der Waals surface area contributed by atoms with E-state index in [0.717, 1.165) is 51.9 Å². The van der Waals surface area contributed by atoms with Crippen molar-refractivity contribution in [1.29, 1.82) is 0 Å². The zero-order chi connectivity index (χ0) is 24.3. The van der Waals surface area contributed by atoms with Crippen LogP contribution in [0.25, 0.3) is 22.2 Å². The monoisotopic (exact) mass is 490 g/mol. The molecule has 4 aliphatic rings. The molecule has 4 fully saturated rings. The fourth-order valence-electron chi connectivity index (χ4n) is 6.82. The summed E-state index contributed by atoms with van der Waals surface area (Å²) in [6.45, 7) is 4.36. The van der Waals surface area contributed by atoms with Crippen LogP contribution >= 0.6 is 0 Å².